The number of allylic oxidation sites excluding steroid dienone is 3. The summed E-state index contributed by atoms with van der Waals surface area (Å²) in [5, 5.41) is 0. The Morgan fingerprint density at radius 1 is 1.73 bits per heavy atom. The second-order valence-corrected chi connectivity index (χ2v) is 2.42. The van der Waals surface area contributed by atoms with E-state index in [1.165, 1.54) is 6.08 Å². The SMILES string of the molecule is CN=CC1=C(N)C(F)=CCC1. The Morgan fingerprint density at radius 3 is 3.09 bits per heavy atom. The Labute approximate surface area is 65.3 Å². The highest BCUT2D eigenvalue weighted by Gasteiger charge is 2.10. The summed E-state index contributed by atoms with van der Waals surface area (Å²) in [6.07, 6.45) is 4.62. The van der Waals surface area contributed by atoms with Gasteiger partial charge in [-0.15, -0.1) is 0 Å². The van der Waals surface area contributed by atoms with Crippen LogP contribution in [-0.2, 0) is 0 Å². The van der Waals surface area contributed by atoms with Gasteiger partial charge >= 0.3 is 0 Å². The fraction of sp³-hybridized carbons (Fsp3) is 0.375. The highest BCUT2D eigenvalue weighted by Crippen LogP contribution is 2.20. The van der Waals surface area contributed by atoms with Gasteiger partial charge in [-0.1, -0.05) is 0 Å². The predicted octanol–water partition coefficient (Wildman–Crippen LogP) is 1.55. The standard InChI is InChI=1S/C8H11FN2/c1-11-5-6-3-2-4-7(9)8(6)10/h4-5H,2-3,10H2,1H3. The van der Waals surface area contributed by atoms with Gasteiger partial charge in [-0.3, -0.25) is 4.99 Å². The van der Waals surface area contributed by atoms with Gasteiger partial charge in [-0.25, -0.2) is 4.39 Å². The molecule has 0 saturated heterocycles. The van der Waals surface area contributed by atoms with E-state index in [1.807, 2.05) is 0 Å². The van der Waals surface area contributed by atoms with E-state index < -0.39 is 0 Å². The molecule has 0 aliphatic heterocycles. The van der Waals surface area contributed by atoms with Gasteiger partial charge in [0.15, 0.2) is 0 Å². The predicted molar refractivity (Wildman–Crippen MR) is 44.1 cm³/mol. The Morgan fingerprint density at radius 2 is 2.45 bits per heavy atom. The lowest BCUT2D eigenvalue weighted by Crippen LogP contribution is -2.08. The maximum atomic E-state index is 12.8. The van der Waals surface area contributed by atoms with Crippen LogP contribution in [0.15, 0.2) is 28.2 Å². The lowest BCUT2D eigenvalue weighted by molar-refractivity contribution is 0.629. The van der Waals surface area contributed by atoms with Crippen LogP contribution < -0.4 is 5.73 Å². The first kappa shape index (κ1) is 7.98. The molecule has 0 unspecified atom stereocenters. The summed E-state index contributed by atoms with van der Waals surface area (Å²) in [5.41, 5.74) is 6.49. The maximum absolute atomic E-state index is 12.8. The van der Waals surface area contributed by atoms with Crippen molar-refractivity contribution in [3.63, 3.8) is 0 Å². The number of hydrogen-bond donors (Lipinski definition) is 1. The topological polar surface area (TPSA) is 38.4 Å². The monoisotopic (exact) mass is 154 g/mol. The summed E-state index contributed by atoms with van der Waals surface area (Å²) in [7, 11) is 1.65. The molecule has 0 saturated carbocycles. The van der Waals surface area contributed by atoms with Crippen LogP contribution in [0.25, 0.3) is 0 Å². The summed E-state index contributed by atoms with van der Waals surface area (Å²) in [5.74, 6) is -0.314. The molecule has 0 fully saturated rings. The second kappa shape index (κ2) is 3.32. The van der Waals surface area contributed by atoms with E-state index in [2.05, 4.69) is 4.99 Å². The second-order valence-electron chi connectivity index (χ2n) is 2.42. The van der Waals surface area contributed by atoms with Gasteiger partial charge in [0.25, 0.3) is 0 Å². The average molecular weight is 154 g/mol. The fourth-order valence-corrected chi connectivity index (χ4v) is 1.04. The molecule has 60 valence electrons. The summed E-state index contributed by atoms with van der Waals surface area (Å²) >= 11 is 0. The molecule has 0 atom stereocenters. The highest BCUT2D eigenvalue weighted by atomic mass is 19.1. The van der Waals surface area contributed by atoms with Crippen LogP contribution in [-0.4, -0.2) is 13.3 Å². The molecule has 0 amide bonds. The molecule has 1 aliphatic carbocycles. The molecule has 0 aromatic carbocycles. The van der Waals surface area contributed by atoms with Gasteiger partial charge in [0.2, 0.25) is 0 Å². The first-order chi connectivity index (χ1) is 5.25. The van der Waals surface area contributed by atoms with Crippen molar-refractivity contribution in [3.05, 3.63) is 23.2 Å². The first-order valence-corrected chi connectivity index (χ1v) is 3.52. The minimum Gasteiger partial charge on any atom is -0.396 e. The van der Waals surface area contributed by atoms with E-state index in [9.17, 15) is 4.39 Å². The van der Waals surface area contributed by atoms with Crippen molar-refractivity contribution >= 4 is 6.21 Å². The van der Waals surface area contributed by atoms with Crippen molar-refractivity contribution in [3.8, 4) is 0 Å². The minimum atomic E-state index is -0.314. The number of halogens is 1. The van der Waals surface area contributed by atoms with Crippen molar-refractivity contribution in [2.75, 3.05) is 7.05 Å². The molecule has 2 nitrogen and oxygen atoms in total. The number of hydrogen-bond acceptors (Lipinski definition) is 2. The lowest BCUT2D eigenvalue weighted by atomic mass is 10.0. The van der Waals surface area contributed by atoms with Crippen molar-refractivity contribution < 1.29 is 4.39 Å². The van der Waals surface area contributed by atoms with Crippen LogP contribution in [0.5, 0.6) is 0 Å². The first-order valence-electron chi connectivity index (χ1n) is 3.52. The highest BCUT2D eigenvalue weighted by molar-refractivity contribution is 5.80. The van der Waals surface area contributed by atoms with Gasteiger partial charge in [-0.05, 0) is 24.5 Å². The van der Waals surface area contributed by atoms with E-state index in [4.69, 9.17) is 5.73 Å². The Kier molecular flexibility index (Phi) is 2.41. The molecule has 1 rings (SSSR count). The van der Waals surface area contributed by atoms with Crippen LogP contribution in [0.1, 0.15) is 12.8 Å². The van der Waals surface area contributed by atoms with Crippen molar-refractivity contribution in [1.29, 1.82) is 0 Å². The van der Waals surface area contributed by atoms with E-state index in [1.54, 1.807) is 13.3 Å². The molecule has 11 heavy (non-hydrogen) atoms. The number of rotatable bonds is 1. The zero-order valence-corrected chi connectivity index (χ0v) is 6.47. The van der Waals surface area contributed by atoms with Gasteiger partial charge in [-0.2, -0.15) is 0 Å². The molecule has 3 heteroatoms. The van der Waals surface area contributed by atoms with Crippen LogP contribution in [0, 0.1) is 0 Å². The van der Waals surface area contributed by atoms with Crippen LogP contribution in [0.4, 0.5) is 4.39 Å². The number of aliphatic imine (C=N–C) groups is 1. The quantitative estimate of drug-likeness (QED) is 0.572. The Hall–Kier alpha value is -1.12. The van der Waals surface area contributed by atoms with E-state index in [-0.39, 0.29) is 11.5 Å². The van der Waals surface area contributed by atoms with Crippen LogP contribution in [0.3, 0.4) is 0 Å². The largest absolute Gasteiger partial charge is 0.396 e. The van der Waals surface area contributed by atoms with Gasteiger partial charge in [0.1, 0.15) is 5.83 Å². The zero-order chi connectivity index (χ0) is 8.27. The third-order valence-electron chi connectivity index (χ3n) is 1.63. The molecular weight excluding hydrogens is 143 g/mol. The third kappa shape index (κ3) is 1.67. The normalized spacial score (nSPS) is 19.3. The van der Waals surface area contributed by atoms with Crippen LogP contribution >= 0.6 is 0 Å². The summed E-state index contributed by atoms with van der Waals surface area (Å²) in [6, 6.07) is 0. The lowest BCUT2D eigenvalue weighted by Gasteiger charge is -2.09. The molecule has 0 heterocycles. The molecule has 2 N–H and O–H groups in total. The summed E-state index contributed by atoms with van der Waals surface area (Å²) in [4.78, 5) is 3.79. The molecule has 0 aromatic rings. The summed E-state index contributed by atoms with van der Waals surface area (Å²) < 4.78 is 12.8. The van der Waals surface area contributed by atoms with Gasteiger partial charge in [0, 0.05) is 13.3 Å². The zero-order valence-electron chi connectivity index (χ0n) is 6.47. The van der Waals surface area contributed by atoms with E-state index in [0.29, 0.717) is 6.42 Å². The minimum absolute atomic E-state index is 0.238. The van der Waals surface area contributed by atoms with Crippen molar-refractivity contribution in [2.24, 2.45) is 10.7 Å². The molecule has 0 bridgehead atoms. The van der Waals surface area contributed by atoms with Gasteiger partial charge in [0.05, 0.1) is 5.70 Å². The number of nitrogens with zero attached hydrogens (tertiary/aromatic N) is 1. The summed E-state index contributed by atoms with van der Waals surface area (Å²) in [6.45, 7) is 0. The molecule has 1 aliphatic rings. The van der Waals surface area contributed by atoms with Gasteiger partial charge < -0.3 is 5.73 Å². The third-order valence-corrected chi connectivity index (χ3v) is 1.63. The van der Waals surface area contributed by atoms with Crippen molar-refractivity contribution in [2.45, 2.75) is 12.8 Å². The van der Waals surface area contributed by atoms with E-state index >= 15 is 0 Å². The number of nitrogens with two attached hydrogens (primary N) is 1. The maximum Gasteiger partial charge on any atom is 0.142 e. The molecule has 0 radical (unpaired) electrons. The Balaban J connectivity index is 2.91. The average Bonchev–Trinajstić information content (AvgIpc) is 1.99. The Bertz CT molecular complexity index is 238. The smallest absolute Gasteiger partial charge is 0.142 e. The van der Waals surface area contributed by atoms with Crippen molar-refractivity contribution in [1.82, 2.24) is 0 Å². The van der Waals surface area contributed by atoms with E-state index in [0.717, 1.165) is 12.0 Å². The molecule has 0 aromatic heterocycles. The fourth-order valence-electron chi connectivity index (χ4n) is 1.04. The van der Waals surface area contributed by atoms with Crippen LogP contribution in [0.2, 0.25) is 0 Å². The molecule has 0 spiro atoms. The molecular formula is C8H11FN2.